The van der Waals surface area contributed by atoms with Crippen LogP contribution in [-0.4, -0.2) is 17.8 Å². The average molecular weight is 261 g/mol. The number of halogens is 5. The topological polar surface area (TPSA) is 48.1 Å². The Balaban J connectivity index is 0.00000225. The van der Waals surface area contributed by atoms with E-state index < -0.39 is 18.6 Å². The summed E-state index contributed by atoms with van der Waals surface area (Å²) in [6.45, 7) is -1.59. The third-order valence-electron chi connectivity index (χ3n) is 1.51. The molecule has 0 aliphatic carbocycles. The van der Waals surface area contributed by atoms with Crippen molar-refractivity contribution in [3.8, 4) is 5.88 Å². The van der Waals surface area contributed by atoms with E-state index in [4.69, 9.17) is 5.73 Å². The highest BCUT2D eigenvalue weighted by molar-refractivity contribution is 5.85. The van der Waals surface area contributed by atoms with Gasteiger partial charge in [0.2, 0.25) is 5.88 Å². The summed E-state index contributed by atoms with van der Waals surface area (Å²) in [4.78, 5) is 3.34. The molecule has 16 heavy (non-hydrogen) atoms. The molecule has 3 nitrogen and oxygen atoms in total. The molecule has 0 radical (unpaired) electrons. The molecule has 0 aliphatic heterocycles. The molecule has 0 atom stereocenters. The van der Waals surface area contributed by atoms with Crippen LogP contribution in [-0.2, 0) is 6.54 Å². The first-order valence-electron chi connectivity index (χ1n) is 3.96. The molecule has 0 saturated heterocycles. The van der Waals surface area contributed by atoms with Crippen LogP contribution in [0.5, 0.6) is 5.88 Å². The number of ether oxygens (including phenoxy) is 1. The lowest BCUT2D eigenvalue weighted by atomic mass is 10.2. The van der Waals surface area contributed by atoms with Crippen molar-refractivity contribution >= 4 is 12.4 Å². The summed E-state index contributed by atoms with van der Waals surface area (Å²) < 4.78 is 52.4. The molecule has 0 amide bonds. The van der Waals surface area contributed by atoms with Gasteiger partial charge in [0.25, 0.3) is 0 Å². The number of nitrogens with two attached hydrogens (primary N) is 1. The second-order valence-corrected chi connectivity index (χ2v) is 2.72. The van der Waals surface area contributed by atoms with E-state index in [0.29, 0.717) is 0 Å². The first-order chi connectivity index (χ1) is 6.92. The van der Waals surface area contributed by atoms with Crippen LogP contribution in [0.15, 0.2) is 12.3 Å². The Kier molecular flexibility index (Phi) is 5.46. The molecule has 1 aromatic rings. The van der Waals surface area contributed by atoms with E-state index in [2.05, 4.69) is 9.72 Å². The van der Waals surface area contributed by atoms with Crippen molar-refractivity contribution in [2.24, 2.45) is 5.73 Å². The number of pyridine rings is 1. The van der Waals surface area contributed by atoms with E-state index in [1.807, 2.05) is 0 Å². The maximum absolute atomic E-state index is 12.8. The third kappa shape index (κ3) is 4.63. The fourth-order valence-corrected chi connectivity index (χ4v) is 0.850. The fraction of sp³-hybridized carbons (Fsp3) is 0.375. The molecule has 1 aromatic heterocycles. The number of nitrogens with zero attached hydrogens (tertiary/aromatic N) is 1. The van der Waals surface area contributed by atoms with Gasteiger partial charge in [0.1, 0.15) is 5.82 Å². The van der Waals surface area contributed by atoms with Crippen molar-refractivity contribution in [1.82, 2.24) is 4.98 Å². The van der Waals surface area contributed by atoms with Gasteiger partial charge in [0.15, 0.2) is 6.61 Å². The van der Waals surface area contributed by atoms with Crippen LogP contribution in [0.25, 0.3) is 0 Å². The van der Waals surface area contributed by atoms with E-state index in [9.17, 15) is 17.6 Å². The minimum atomic E-state index is -4.45. The Hall–Kier alpha value is -1.08. The first-order valence-corrected chi connectivity index (χ1v) is 3.96. The molecule has 8 heteroatoms. The number of aromatic nitrogens is 1. The maximum Gasteiger partial charge on any atom is 0.422 e. The molecule has 2 N–H and O–H groups in total. The SMILES string of the molecule is Cl.NCc1cc(OCC(F)(F)F)ncc1F. The zero-order valence-electron chi connectivity index (χ0n) is 7.92. The van der Waals surface area contributed by atoms with Crippen molar-refractivity contribution in [3.05, 3.63) is 23.6 Å². The molecule has 0 bridgehead atoms. The van der Waals surface area contributed by atoms with Crippen LogP contribution in [0.2, 0.25) is 0 Å². The molecule has 0 unspecified atom stereocenters. The molecule has 0 saturated carbocycles. The zero-order chi connectivity index (χ0) is 11.5. The second kappa shape index (κ2) is 5.86. The lowest BCUT2D eigenvalue weighted by molar-refractivity contribution is -0.154. The van der Waals surface area contributed by atoms with Gasteiger partial charge in [-0.25, -0.2) is 9.37 Å². The van der Waals surface area contributed by atoms with Gasteiger partial charge in [-0.2, -0.15) is 13.2 Å². The summed E-state index contributed by atoms with van der Waals surface area (Å²) >= 11 is 0. The Morgan fingerprint density at radius 1 is 1.38 bits per heavy atom. The fourth-order valence-electron chi connectivity index (χ4n) is 0.850. The average Bonchev–Trinajstić information content (AvgIpc) is 2.15. The predicted octanol–water partition coefficient (Wildman–Crippen LogP) is 2.04. The summed E-state index contributed by atoms with van der Waals surface area (Å²) in [7, 11) is 0. The Bertz CT molecular complexity index is 345. The highest BCUT2D eigenvalue weighted by Crippen LogP contribution is 2.18. The number of hydrogen-bond acceptors (Lipinski definition) is 3. The minimum Gasteiger partial charge on any atom is -0.468 e. The summed E-state index contributed by atoms with van der Waals surface area (Å²) in [5.74, 6) is -0.967. The van der Waals surface area contributed by atoms with Gasteiger partial charge in [-0.05, 0) is 0 Å². The Morgan fingerprint density at radius 3 is 2.50 bits per heavy atom. The van der Waals surface area contributed by atoms with E-state index >= 15 is 0 Å². The van der Waals surface area contributed by atoms with E-state index in [-0.39, 0.29) is 30.4 Å². The van der Waals surface area contributed by atoms with Crippen LogP contribution in [0, 0.1) is 5.82 Å². The monoisotopic (exact) mass is 260 g/mol. The normalized spacial score (nSPS) is 10.8. The summed E-state index contributed by atoms with van der Waals surface area (Å²) in [6.07, 6.45) is -3.67. The van der Waals surface area contributed by atoms with E-state index in [0.717, 1.165) is 12.3 Å². The van der Waals surface area contributed by atoms with Crippen molar-refractivity contribution in [3.63, 3.8) is 0 Å². The smallest absolute Gasteiger partial charge is 0.422 e. The lowest BCUT2D eigenvalue weighted by Crippen LogP contribution is -2.19. The number of hydrogen-bond donors (Lipinski definition) is 1. The summed E-state index contributed by atoms with van der Waals surface area (Å²) in [5.41, 5.74) is 5.21. The van der Waals surface area contributed by atoms with Gasteiger partial charge in [-0.3, -0.25) is 0 Å². The van der Waals surface area contributed by atoms with Crippen LogP contribution < -0.4 is 10.5 Å². The molecule has 1 rings (SSSR count). The lowest BCUT2D eigenvalue weighted by Gasteiger charge is -2.09. The highest BCUT2D eigenvalue weighted by atomic mass is 35.5. The highest BCUT2D eigenvalue weighted by Gasteiger charge is 2.28. The first kappa shape index (κ1) is 14.9. The minimum absolute atomic E-state index is 0. The van der Waals surface area contributed by atoms with Crippen molar-refractivity contribution in [1.29, 1.82) is 0 Å². The Labute approximate surface area is 95.0 Å². The van der Waals surface area contributed by atoms with Crippen molar-refractivity contribution < 1.29 is 22.3 Å². The predicted molar refractivity (Wildman–Crippen MR) is 50.9 cm³/mol. The molecule has 0 spiro atoms. The third-order valence-corrected chi connectivity index (χ3v) is 1.51. The van der Waals surface area contributed by atoms with Gasteiger partial charge in [-0.1, -0.05) is 0 Å². The van der Waals surface area contributed by atoms with Crippen LogP contribution in [0.1, 0.15) is 5.56 Å². The summed E-state index contributed by atoms with van der Waals surface area (Å²) in [5, 5.41) is 0. The maximum atomic E-state index is 12.8. The van der Waals surface area contributed by atoms with E-state index in [1.165, 1.54) is 0 Å². The van der Waals surface area contributed by atoms with Crippen LogP contribution >= 0.6 is 12.4 Å². The molecule has 1 heterocycles. The van der Waals surface area contributed by atoms with Crippen LogP contribution in [0.3, 0.4) is 0 Å². The van der Waals surface area contributed by atoms with E-state index in [1.54, 1.807) is 0 Å². The molecule has 0 aliphatic rings. The van der Waals surface area contributed by atoms with Crippen molar-refractivity contribution in [2.45, 2.75) is 12.7 Å². The number of alkyl halides is 3. The summed E-state index contributed by atoms with van der Waals surface area (Å²) in [6, 6.07) is 1.04. The van der Waals surface area contributed by atoms with Crippen LogP contribution in [0.4, 0.5) is 17.6 Å². The van der Waals surface area contributed by atoms with Gasteiger partial charge in [0, 0.05) is 18.2 Å². The molecule has 92 valence electrons. The molecular formula is C8H9ClF4N2O. The Morgan fingerprint density at radius 2 is 2.00 bits per heavy atom. The largest absolute Gasteiger partial charge is 0.468 e. The standard InChI is InChI=1S/C8H8F4N2O.ClH/c9-6-3-14-7(1-5(6)2-13)15-4-8(10,11)12;/h1,3H,2,4,13H2;1H. The quantitative estimate of drug-likeness (QED) is 0.846. The molecular weight excluding hydrogens is 252 g/mol. The van der Waals surface area contributed by atoms with Gasteiger partial charge in [0.05, 0.1) is 6.20 Å². The van der Waals surface area contributed by atoms with Gasteiger partial charge >= 0.3 is 6.18 Å². The number of rotatable bonds is 3. The molecule has 0 fully saturated rings. The molecule has 0 aromatic carbocycles. The second-order valence-electron chi connectivity index (χ2n) is 2.72. The van der Waals surface area contributed by atoms with Gasteiger partial charge in [-0.15, -0.1) is 12.4 Å². The zero-order valence-corrected chi connectivity index (χ0v) is 8.74. The van der Waals surface area contributed by atoms with Gasteiger partial charge < -0.3 is 10.5 Å². The van der Waals surface area contributed by atoms with Crippen molar-refractivity contribution in [2.75, 3.05) is 6.61 Å².